The van der Waals surface area contributed by atoms with Crippen LogP contribution in [0.2, 0.25) is 0 Å². The summed E-state index contributed by atoms with van der Waals surface area (Å²) in [6, 6.07) is 0. The van der Waals surface area contributed by atoms with Crippen LogP contribution in [0.1, 0.15) is 27.2 Å². The Kier molecular flexibility index (Phi) is 4.53. The first kappa shape index (κ1) is 16.1. The zero-order valence-corrected chi connectivity index (χ0v) is 9.67. The number of alkyl halides is 6. The molecule has 0 heterocycles. The molecule has 0 N–H and O–H groups in total. The molecular formula is C10H14F6O. The highest BCUT2D eigenvalue weighted by Crippen LogP contribution is 2.40. The summed E-state index contributed by atoms with van der Waals surface area (Å²) in [7, 11) is 0. The summed E-state index contributed by atoms with van der Waals surface area (Å²) in [4.78, 5) is 0. The minimum Gasteiger partial charge on any atom is -0.476 e. The van der Waals surface area contributed by atoms with Gasteiger partial charge in [-0.3, -0.25) is 0 Å². The Labute approximate surface area is 95.4 Å². The SMILES string of the molecule is C=C(OC(C(F)(F)F)C(F)(F)F)C(C)(C)CC. The van der Waals surface area contributed by atoms with E-state index in [0.717, 1.165) is 0 Å². The lowest BCUT2D eigenvalue weighted by atomic mass is 9.88. The van der Waals surface area contributed by atoms with Crippen molar-refractivity contribution < 1.29 is 31.1 Å². The van der Waals surface area contributed by atoms with Crippen molar-refractivity contribution in [1.29, 1.82) is 0 Å². The molecule has 0 aromatic heterocycles. The summed E-state index contributed by atoms with van der Waals surface area (Å²) in [6.45, 7) is 7.67. The average Bonchev–Trinajstić information content (AvgIpc) is 2.09. The van der Waals surface area contributed by atoms with Crippen LogP contribution < -0.4 is 0 Å². The Morgan fingerprint density at radius 2 is 1.41 bits per heavy atom. The van der Waals surface area contributed by atoms with Crippen molar-refractivity contribution >= 4 is 0 Å². The van der Waals surface area contributed by atoms with Gasteiger partial charge in [0.2, 0.25) is 0 Å². The lowest BCUT2D eigenvalue weighted by Crippen LogP contribution is -2.45. The van der Waals surface area contributed by atoms with Gasteiger partial charge >= 0.3 is 12.4 Å². The second-order valence-corrected chi connectivity index (χ2v) is 4.24. The van der Waals surface area contributed by atoms with Crippen molar-refractivity contribution in [3.8, 4) is 0 Å². The van der Waals surface area contributed by atoms with Gasteiger partial charge in [-0.2, -0.15) is 26.3 Å². The predicted octanol–water partition coefficient (Wildman–Crippen LogP) is 4.45. The normalized spacial score (nSPS) is 14.0. The molecule has 17 heavy (non-hydrogen) atoms. The van der Waals surface area contributed by atoms with E-state index in [1.165, 1.54) is 13.8 Å². The molecule has 7 heteroatoms. The summed E-state index contributed by atoms with van der Waals surface area (Å²) in [5, 5.41) is 0. The van der Waals surface area contributed by atoms with Gasteiger partial charge in [-0.15, -0.1) is 0 Å². The fourth-order valence-electron chi connectivity index (χ4n) is 0.818. The summed E-state index contributed by atoms with van der Waals surface area (Å²) in [5.74, 6) is -0.528. The molecule has 0 saturated carbocycles. The molecule has 0 amide bonds. The van der Waals surface area contributed by atoms with E-state index in [2.05, 4.69) is 11.3 Å². The van der Waals surface area contributed by atoms with E-state index in [4.69, 9.17) is 0 Å². The third-order valence-corrected chi connectivity index (χ3v) is 2.49. The second kappa shape index (κ2) is 4.78. The summed E-state index contributed by atoms with van der Waals surface area (Å²) in [5.41, 5.74) is -0.950. The highest BCUT2D eigenvalue weighted by Gasteiger charge is 2.59. The maximum atomic E-state index is 12.2. The Bertz CT molecular complexity index is 262. The van der Waals surface area contributed by atoms with Crippen LogP contribution >= 0.6 is 0 Å². The molecule has 0 radical (unpaired) electrons. The third kappa shape index (κ3) is 4.47. The first-order valence-corrected chi connectivity index (χ1v) is 4.82. The van der Waals surface area contributed by atoms with E-state index in [9.17, 15) is 26.3 Å². The van der Waals surface area contributed by atoms with Gasteiger partial charge < -0.3 is 4.74 Å². The number of halogens is 6. The molecule has 0 bridgehead atoms. The molecule has 0 rings (SSSR count). The number of hydrogen-bond donors (Lipinski definition) is 0. The fourth-order valence-corrected chi connectivity index (χ4v) is 0.818. The maximum Gasteiger partial charge on any atom is 0.434 e. The number of rotatable bonds is 4. The number of ether oxygens (including phenoxy) is 1. The number of allylic oxidation sites excluding steroid dienone is 1. The first-order valence-electron chi connectivity index (χ1n) is 4.82. The van der Waals surface area contributed by atoms with E-state index in [1.807, 2.05) is 0 Å². The monoisotopic (exact) mass is 264 g/mol. The minimum absolute atomic E-state index is 0.314. The van der Waals surface area contributed by atoms with Gasteiger partial charge in [0, 0.05) is 5.41 Å². The maximum absolute atomic E-state index is 12.2. The molecule has 0 atom stereocenters. The van der Waals surface area contributed by atoms with Crippen molar-refractivity contribution in [1.82, 2.24) is 0 Å². The fraction of sp³-hybridized carbons (Fsp3) is 0.800. The summed E-state index contributed by atoms with van der Waals surface area (Å²) in [6.07, 6.45) is -14.5. The van der Waals surface area contributed by atoms with Crippen LogP contribution in [0, 0.1) is 5.41 Å². The van der Waals surface area contributed by atoms with Gasteiger partial charge in [0.25, 0.3) is 6.10 Å². The molecule has 0 aromatic rings. The Morgan fingerprint density at radius 1 is 1.06 bits per heavy atom. The van der Waals surface area contributed by atoms with Gasteiger partial charge in [-0.05, 0) is 6.42 Å². The van der Waals surface area contributed by atoms with Crippen LogP contribution in [0.5, 0.6) is 0 Å². The van der Waals surface area contributed by atoms with E-state index >= 15 is 0 Å². The quantitative estimate of drug-likeness (QED) is 0.538. The van der Waals surface area contributed by atoms with Crippen LogP contribution in [0.3, 0.4) is 0 Å². The van der Waals surface area contributed by atoms with Crippen LogP contribution in [-0.2, 0) is 4.74 Å². The first-order chi connectivity index (χ1) is 7.32. The summed E-state index contributed by atoms with van der Waals surface area (Å²) >= 11 is 0. The molecule has 0 aliphatic carbocycles. The highest BCUT2D eigenvalue weighted by molar-refractivity contribution is 5.00. The molecule has 0 spiro atoms. The number of hydrogen-bond acceptors (Lipinski definition) is 1. The third-order valence-electron chi connectivity index (χ3n) is 2.49. The van der Waals surface area contributed by atoms with Crippen molar-refractivity contribution in [2.45, 2.75) is 45.6 Å². The zero-order chi connectivity index (χ0) is 14.1. The molecule has 102 valence electrons. The van der Waals surface area contributed by atoms with Crippen molar-refractivity contribution in [2.24, 2.45) is 5.41 Å². The van der Waals surface area contributed by atoms with E-state index < -0.39 is 29.6 Å². The van der Waals surface area contributed by atoms with Gasteiger partial charge in [0.15, 0.2) is 0 Å². The van der Waals surface area contributed by atoms with Crippen molar-refractivity contribution in [3.63, 3.8) is 0 Å². The highest BCUT2D eigenvalue weighted by atomic mass is 19.4. The van der Waals surface area contributed by atoms with Gasteiger partial charge in [-0.25, -0.2) is 0 Å². The molecule has 0 fully saturated rings. The zero-order valence-electron chi connectivity index (χ0n) is 9.67. The lowest BCUT2D eigenvalue weighted by molar-refractivity contribution is -0.315. The van der Waals surface area contributed by atoms with Crippen LogP contribution in [-0.4, -0.2) is 18.5 Å². The lowest BCUT2D eigenvalue weighted by Gasteiger charge is -2.31. The molecule has 0 aromatic carbocycles. The predicted molar refractivity (Wildman–Crippen MR) is 50.2 cm³/mol. The van der Waals surface area contributed by atoms with Gasteiger partial charge in [-0.1, -0.05) is 27.4 Å². The minimum atomic E-state index is -5.51. The molecule has 1 nitrogen and oxygen atoms in total. The molecule has 0 saturated heterocycles. The van der Waals surface area contributed by atoms with Gasteiger partial charge in [0.05, 0.1) is 5.76 Å². The van der Waals surface area contributed by atoms with Gasteiger partial charge in [0.1, 0.15) is 0 Å². The Hall–Kier alpha value is -0.880. The Balaban J connectivity index is 4.99. The van der Waals surface area contributed by atoms with E-state index in [0.29, 0.717) is 6.42 Å². The van der Waals surface area contributed by atoms with E-state index in [1.54, 1.807) is 6.92 Å². The van der Waals surface area contributed by atoms with Crippen LogP contribution in [0.25, 0.3) is 0 Å². The Morgan fingerprint density at radius 3 is 1.65 bits per heavy atom. The van der Waals surface area contributed by atoms with Crippen LogP contribution in [0.4, 0.5) is 26.3 Å². The van der Waals surface area contributed by atoms with Crippen molar-refractivity contribution in [2.75, 3.05) is 0 Å². The van der Waals surface area contributed by atoms with Crippen LogP contribution in [0.15, 0.2) is 12.3 Å². The second-order valence-electron chi connectivity index (χ2n) is 4.24. The average molecular weight is 264 g/mol. The largest absolute Gasteiger partial charge is 0.476 e. The molecule has 0 aliphatic rings. The standard InChI is InChI=1S/C10H14F6O/c1-5-8(3,4)6(2)17-7(9(11,12)13)10(14,15)16/h7H,2,5H2,1,3-4H3. The molecular weight excluding hydrogens is 250 g/mol. The smallest absolute Gasteiger partial charge is 0.434 e. The summed E-state index contributed by atoms with van der Waals surface area (Å²) < 4.78 is 77.1. The van der Waals surface area contributed by atoms with Crippen molar-refractivity contribution in [3.05, 3.63) is 12.3 Å². The van der Waals surface area contributed by atoms with E-state index in [-0.39, 0.29) is 0 Å². The molecule has 0 aliphatic heterocycles. The topological polar surface area (TPSA) is 9.23 Å². The molecule has 0 unspecified atom stereocenters.